The predicted octanol–water partition coefficient (Wildman–Crippen LogP) is 2.62. The van der Waals surface area contributed by atoms with Crippen molar-refractivity contribution < 1.29 is 13.2 Å². The first-order valence-corrected chi connectivity index (χ1v) is 8.81. The number of rotatable bonds is 6. The summed E-state index contributed by atoms with van der Waals surface area (Å²) < 4.78 is 30.3. The van der Waals surface area contributed by atoms with Gasteiger partial charge in [-0.1, -0.05) is 24.3 Å². The number of hydrogen-bond donors (Lipinski definition) is 1. The highest BCUT2D eigenvalue weighted by atomic mass is 32.2. The van der Waals surface area contributed by atoms with Crippen LogP contribution < -0.4 is 10.5 Å². The second-order valence-corrected chi connectivity index (χ2v) is 7.50. The van der Waals surface area contributed by atoms with Crippen LogP contribution in [0.15, 0.2) is 46.0 Å². The van der Waals surface area contributed by atoms with Gasteiger partial charge in [0.1, 0.15) is 9.96 Å². The zero-order chi connectivity index (χ0) is 14.6. The molecule has 0 bridgehead atoms. The van der Waals surface area contributed by atoms with Gasteiger partial charge in [0.15, 0.2) is 9.84 Å². The zero-order valence-electron chi connectivity index (χ0n) is 11.2. The van der Waals surface area contributed by atoms with E-state index in [1.54, 1.807) is 29.6 Å². The smallest absolute Gasteiger partial charge is 0.189 e. The molecule has 0 aliphatic rings. The van der Waals surface area contributed by atoms with Crippen LogP contribution in [0.25, 0.3) is 0 Å². The van der Waals surface area contributed by atoms with E-state index >= 15 is 0 Å². The van der Waals surface area contributed by atoms with E-state index in [-0.39, 0.29) is 5.75 Å². The predicted molar refractivity (Wildman–Crippen MR) is 80.9 cm³/mol. The lowest BCUT2D eigenvalue weighted by atomic mass is 10.1. The lowest BCUT2D eigenvalue weighted by molar-refractivity contribution is 0.335. The van der Waals surface area contributed by atoms with E-state index in [9.17, 15) is 8.42 Å². The van der Waals surface area contributed by atoms with Crippen molar-refractivity contribution in [3.63, 3.8) is 0 Å². The van der Waals surface area contributed by atoms with Crippen LogP contribution in [-0.2, 0) is 9.84 Å². The molecule has 0 radical (unpaired) electrons. The fourth-order valence-electron chi connectivity index (χ4n) is 1.92. The molecule has 6 heteroatoms. The van der Waals surface area contributed by atoms with E-state index in [1.807, 2.05) is 19.1 Å². The number of benzene rings is 1. The van der Waals surface area contributed by atoms with Crippen LogP contribution in [0, 0.1) is 0 Å². The van der Waals surface area contributed by atoms with Crippen LogP contribution in [0.4, 0.5) is 0 Å². The lowest BCUT2D eigenvalue weighted by Crippen LogP contribution is -2.22. The lowest BCUT2D eigenvalue weighted by Gasteiger charge is -2.16. The van der Waals surface area contributed by atoms with Crippen molar-refractivity contribution in [3.8, 4) is 5.75 Å². The molecule has 108 valence electrons. The summed E-state index contributed by atoms with van der Waals surface area (Å²) in [6.45, 7) is 2.39. The van der Waals surface area contributed by atoms with Crippen molar-refractivity contribution in [2.75, 3.05) is 12.4 Å². The van der Waals surface area contributed by atoms with Crippen molar-refractivity contribution in [1.82, 2.24) is 0 Å². The number of hydrogen-bond acceptors (Lipinski definition) is 5. The maximum atomic E-state index is 12.2. The summed E-state index contributed by atoms with van der Waals surface area (Å²) in [7, 11) is -3.36. The number of ether oxygens (including phenoxy) is 1. The minimum absolute atomic E-state index is 0.127. The topological polar surface area (TPSA) is 69.4 Å². The normalized spacial score (nSPS) is 13.1. The van der Waals surface area contributed by atoms with Crippen LogP contribution >= 0.6 is 11.3 Å². The molecule has 0 aliphatic heterocycles. The van der Waals surface area contributed by atoms with E-state index < -0.39 is 15.9 Å². The molecule has 0 amide bonds. The molecule has 2 rings (SSSR count). The molecule has 20 heavy (non-hydrogen) atoms. The Hall–Kier alpha value is -1.37. The first kappa shape index (κ1) is 15.0. The number of thiophene rings is 1. The number of nitrogens with two attached hydrogens (primary N) is 1. The van der Waals surface area contributed by atoms with Crippen LogP contribution in [0.1, 0.15) is 18.5 Å². The summed E-state index contributed by atoms with van der Waals surface area (Å²) in [6.07, 6.45) is 0. The van der Waals surface area contributed by atoms with Crippen LogP contribution in [0.5, 0.6) is 5.75 Å². The molecule has 0 fully saturated rings. The van der Waals surface area contributed by atoms with Gasteiger partial charge in [-0.3, -0.25) is 0 Å². The highest BCUT2D eigenvalue weighted by molar-refractivity contribution is 7.93. The quantitative estimate of drug-likeness (QED) is 0.890. The largest absolute Gasteiger partial charge is 0.494 e. The van der Waals surface area contributed by atoms with Crippen molar-refractivity contribution in [2.24, 2.45) is 5.73 Å². The second kappa shape index (κ2) is 6.39. The summed E-state index contributed by atoms with van der Waals surface area (Å²) >= 11 is 1.21. The Labute approximate surface area is 123 Å². The Balaban J connectivity index is 2.23. The van der Waals surface area contributed by atoms with Gasteiger partial charge in [0.25, 0.3) is 0 Å². The fraction of sp³-hybridized carbons (Fsp3) is 0.286. The number of para-hydroxylation sites is 1. The summed E-state index contributed by atoms with van der Waals surface area (Å²) in [4.78, 5) is 0. The molecule has 2 aromatic rings. The van der Waals surface area contributed by atoms with Crippen LogP contribution in [-0.4, -0.2) is 20.8 Å². The average molecular weight is 311 g/mol. The first-order valence-electron chi connectivity index (χ1n) is 6.28. The Morgan fingerprint density at radius 1 is 1.25 bits per heavy atom. The van der Waals surface area contributed by atoms with Gasteiger partial charge in [-0.05, 0) is 24.4 Å². The third-order valence-electron chi connectivity index (χ3n) is 2.82. The van der Waals surface area contributed by atoms with Gasteiger partial charge >= 0.3 is 0 Å². The van der Waals surface area contributed by atoms with E-state index in [4.69, 9.17) is 10.5 Å². The molecule has 1 aromatic carbocycles. The average Bonchev–Trinajstić information content (AvgIpc) is 2.94. The molecule has 1 heterocycles. The second-order valence-electron chi connectivity index (χ2n) is 4.29. The standard InChI is InChI=1S/C14H17NO3S2/c1-2-18-13-7-4-3-6-11(13)12(15)10-20(16,17)14-8-5-9-19-14/h3-9,12H,2,10,15H2,1H3. The molecular formula is C14H17NO3S2. The summed E-state index contributed by atoms with van der Waals surface area (Å²) in [6, 6.07) is 9.99. The van der Waals surface area contributed by atoms with Gasteiger partial charge in [-0.2, -0.15) is 0 Å². The summed E-state index contributed by atoms with van der Waals surface area (Å²) in [5.41, 5.74) is 6.78. The highest BCUT2D eigenvalue weighted by Gasteiger charge is 2.22. The van der Waals surface area contributed by atoms with Gasteiger partial charge in [-0.25, -0.2) is 8.42 Å². The SMILES string of the molecule is CCOc1ccccc1C(N)CS(=O)(=O)c1cccs1. The Morgan fingerprint density at radius 2 is 2.00 bits per heavy atom. The van der Waals surface area contributed by atoms with Crippen LogP contribution in [0.3, 0.4) is 0 Å². The molecule has 4 nitrogen and oxygen atoms in total. The van der Waals surface area contributed by atoms with Crippen molar-refractivity contribution in [2.45, 2.75) is 17.2 Å². The fourth-order valence-corrected chi connectivity index (χ4v) is 4.43. The monoisotopic (exact) mass is 311 g/mol. The molecule has 0 saturated heterocycles. The van der Waals surface area contributed by atoms with Gasteiger partial charge in [0.2, 0.25) is 0 Å². The minimum atomic E-state index is -3.36. The molecule has 1 unspecified atom stereocenters. The van der Waals surface area contributed by atoms with E-state index in [0.29, 0.717) is 16.6 Å². The van der Waals surface area contributed by atoms with E-state index in [1.165, 1.54) is 11.3 Å². The Morgan fingerprint density at radius 3 is 2.65 bits per heavy atom. The molecule has 1 atom stereocenters. The maximum Gasteiger partial charge on any atom is 0.189 e. The van der Waals surface area contributed by atoms with Crippen LogP contribution in [0.2, 0.25) is 0 Å². The Kier molecular flexibility index (Phi) is 4.80. The van der Waals surface area contributed by atoms with E-state index in [0.717, 1.165) is 5.56 Å². The molecule has 0 spiro atoms. The molecular weight excluding hydrogens is 294 g/mol. The molecule has 0 aliphatic carbocycles. The molecule has 2 N–H and O–H groups in total. The van der Waals surface area contributed by atoms with Gasteiger partial charge in [0, 0.05) is 11.6 Å². The number of sulfone groups is 1. The molecule has 0 saturated carbocycles. The third-order valence-corrected chi connectivity index (χ3v) is 6.08. The van der Waals surface area contributed by atoms with Crippen molar-refractivity contribution >= 4 is 21.2 Å². The van der Waals surface area contributed by atoms with Crippen molar-refractivity contribution in [3.05, 3.63) is 47.3 Å². The molecule has 1 aromatic heterocycles. The van der Waals surface area contributed by atoms with Gasteiger partial charge in [-0.15, -0.1) is 11.3 Å². The minimum Gasteiger partial charge on any atom is -0.494 e. The van der Waals surface area contributed by atoms with E-state index in [2.05, 4.69) is 0 Å². The summed E-state index contributed by atoms with van der Waals surface area (Å²) in [5, 5.41) is 1.74. The first-order chi connectivity index (χ1) is 9.54. The third kappa shape index (κ3) is 3.39. The summed E-state index contributed by atoms with van der Waals surface area (Å²) in [5.74, 6) is 0.515. The highest BCUT2D eigenvalue weighted by Crippen LogP contribution is 2.27. The zero-order valence-corrected chi connectivity index (χ0v) is 12.8. The van der Waals surface area contributed by atoms with Gasteiger partial charge < -0.3 is 10.5 Å². The van der Waals surface area contributed by atoms with Gasteiger partial charge in [0.05, 0.1) is 12.4 Å². The maximum absolute atomic E-state index is 12.2. The Bertz CT molecular complexity index is 651. The van der Waals surface area contributed by atoms with Crippen molar-refractivity contribution in [1.29, 1.82) is 0 Å².